The molecule has 0 saturated heterocycles. The molecule has 18 heavy (non-hydrogen) atoms. The Morgan fingerprint density at radius 2 is 1.72 bits per heavy atom. The quantitative estimate of drug-likeness (QED) is 0.788. The van der Waals surface area contributed by atoms with Gasteiger partial charge in [-0.25, -0.2) is 8.42 Å². The van der Waals surface area contributed by atoms with Gasteiger partial charge in [-0.05, 0) is 38.5 Å². The second-order valence-electron chi connectivity index (χ2n) is 5.61. The van der Waals surface area contributed by atoms with Crippen LogP contribution in [0.15, 0.2) is 0 Å². The first-order valence-corrected chi connectivity index (χ1v) is 8.76. The number of hydrogen-bond acceptors (Lipinski definition) is 4. The molecule has 0 heterocycles. The molecular formula is C13H22O4S. The number of ketones is 1. The summed E-state index contributed by atoms with van der Waals surface area (Å²) in [5.74, 6) is 0.326. The van der Waals surface area contributed by atoms with Crippen LogP contribution in [0.5, 0.6) is 0 Å². The van der Waals surface area contributed by atoms with Gasteiger partial charge in [0.2, 0.25) is 0 Å². The van der Waals surface area contributed by atoms with Gasteiger partial charge in [0.05, 0.1) is 17.5 Å². The van der Waals surface area contributed by atoms with Crippen molar-refractivity contribution in [2.75, 3.05) is 6.26 Å². The third kappa shape index (κ3) is 3.79. The minimum absolute atomic E-state index is 0.0664. The first kappa shape index (κ1) is 14.0. The van der Waals surface area contributed by atoms with E-state index in [0.29, 0.717) is 25.0 Å². The summed E-state index contributed by atoms with van der Waals surface area (Å²) < 4.78 is 29.1. The number of Topliss-reactive ketones (excluding diaryl/α,β-unsaturated/α-hetero) is 1. The summed E-state index contributed by atoms with van der Waals surface area (Å²) in [6.45, 7) is 0. The predicted molar refractivity (Wildman–Crippen MR) is 69.2 cm³/mol. The topological polar surface area (TPSA) is 60.4 Å². The van der Waals surface area contributed by atoms with E-state index >= 15 is 0 Å². The van der Waals surface area contributed by atoms with Crippen LogP contribution < -0.4 is 0 Å². The van der Waals surface area contributed by atoms with Crippen LogP contribution in [0.3, 0.4) is 0 Å². The second kappa shape index (κ2) is 5.70. The van der Waals surface area contributed by atoms with Crippen molar-refractivity contribution in [3.63, 3.8) is 0 Å². The van der Waals surface area contributed by atoms with E-state index in [-0.39, 0.29) is 17.5 Å². The summed E-state index contributed by atoms with van der Waals surface area (Å²) in [6.07, 6.45) is 7.66. The fourth-order valence-electron chi connectivity index (χ4n) is 2.94. The average Bonchev–Trinajstić information content (AvgIpc) is 2.31. The summed E-state index contributed by atoms with van der Waals surface area (Å²) in [4.78, 5) is 11.1. The van der Waals surface area contributed by atoms with Gasteiger partial charge >= 0.3 is 0 Å². The first-order chi connectivity index (χ1) is 8.45. The molecule has 104 valence electrons. The minimum atomic E-state index is -2.94. The van der Waals surface area contributed by atoms with Gasteiger partial charge in [0.1, 0.15) is 15.6 Å². The lowest BCUT2D eigenvalue weighted by Gasteiger charge is -2.32. The van der Waals surface area contributed by atoms with Crippen molar-refractivity contribution < 1.29 is 17.9 Å². The minimum Gasteiger partial charge on any atom is -0.375 e. The van der Waals surface area contributed by atoms with Crippen molar-refractivity contribution in [1.82, 2.24) is 0 Å². The Labute approximate surface area is 109 Å². The van der Waals surface area contributed by atoms with Crippen molar-refractivity contribution in [3.8, 4) is 0 Å². The van der Waals surface area contributed by atoms with Gasteiger partial charge in [-0.15, -0.1) is 0 Å². The lowest BCUT2D eigenvalue weighted by atomic mass is 9.94. The molecule has 0 aromatic rings. The number of sulfone groups is 1. The van der Waals surface area contributed by atoms with E-state index in [1.807, 2.05) is 0 Å². The summed E-state index contributed by atoms with van der Waals surface area (Å²) in [5, 5.41) is -0.235. The van der Waals surface area contributed by atoms with E-state index in [4.69, 9.17) is 4.74 Å². The Balaban J connectivity index is 1.84. The lowest BCUT2D eigenvalue weighted by Crippen LogP contribution is -2.35. The normalized spacial score (nSPS) is 31.5. The standard InChI is InChI=1S/C13H22O4S/c1-18(15,16)13-4-2-3-12(9-13)17-11-7-5-10(14)6-8-11/h11-13H,2-9H2,1H3. The molecule has 0 aromatic heterocycles. The van der Waals surface area contributed by atoms with Crippen molar-refractivity contribution in [2.45, 2.75) is 68.8 Å². The number of carbonyl (C=O) groups excluding carboxylic acids is 1. The number of hydrogen-bond donors (Lipinski definition) is 0. The first-order valence-electron chi connectivity index (χ1n) is 6.81. The van der Waals surface area contributed by atoms with Gasteiger partial charge in [0.15, 0.2) is 0 Å². The summed E-state index contributed by atoms with van der Waals surface area (Å²) in [7, 11) is -2.94. The fraction of sp³-hybridized carbons (Fsp3) is 0.923. The Morgan fingerprint density at radius 1 is 1.06 bits per heavy atom. The van der Waals surface area contributed by atoms with Crippen molar-refractivity contribution in [1.29, 1.82) is 0 Å². The molecule has 0 aromatic carbocycles. The van der Waals surface area contributed by atoms with Crippen LogP contribution >= 0.6 is 0 Å². The van der Waals surface area contributed by atoms with Gasteiger partial charge in [-0.2, -0.15) is 0 Å². The second-order valence-corrected chi connectivity index (χ2v) is 7.94. The molecule has 2 rings (SSSR count). The maximum Gasteiger partial charge on any atom is 0.150 e. The monoisotopic (exact) mass is 274 g/mol. The number of rotatable bonds is 3. The largest absolute Gasteiger partial charge is 0.375 e. The zero-order valence-corrected chi connectivity index (χ0v) is 11.7. The van der Waals surface area contributed by atoms with Crippen LogP contribution in [-0.2, 0) is 19.4 Å². The molecule has 4 nitrogen and oxygen atoms in total. The average molecular weight is 274 g/mol. The molecule has 0 aliphatic heterocycles. The van der Waals surface area contributed by atoms with E-state index in [1.165, 1.54) is 6.26 Å². The maximum atomic E-state index is 11.6. The third-order valence-electron chi connectivity index (χ3n) is 4.06. The molecule has 0 bridgehead atoms. The maximum absolute atomic E-state index is 11.6. The number of carbonyl (C=O) groups is 1. The lowest BCUT2D eigenvalue weighted by molar-refractivity contribution is -0.124. The highest BCUT2D eigenvalue weighted by molar-refractivity contribution is 7.91. The van der Waals surface area contributed by atoms with E-state index in [9.17, 15) is 13.2 Å². The Kier molecular flexibility index (Phi) is 4.43. The molecule has 2 fully saturated rings. The molecule has 2 saturated carbocycles. The highest BCUT2D eigenvalue weighted by Gasteiger charge is 2.31. The number of ether oxygens (including phenoxy) is 1. The Hall–Kier alpha value is -0.420. The molecule has 5 heteroatoms. The SMILES string of the molecule is CS(=O)(=O)C1CCCC(OC2CCC(=O)CC2)C1. The van der Waals surface area contributed by atoms with Gasteiger partial charge < -0.3 is 4.74 Å². The molecule has 2 atom stereocenters. The molecule has 0 radical (unpaired) electrons. The van der Waals surface area contributed by atoms with Gasteiger partial charge in [-0.1, -0.05) is 0 Å². The van der Waals surface area contributed by atoms with Crippen LogP contribution in [0.2, 0.25) is 0 Å². The summed E-state index contributed by atoms with van der Waals surface area (Å²) in [6, 6.07) is 0. The highest BCUT2D eigenvalue weighted by atomic mass is 32.2. The van der Waals surface area contributed by atoms with Gasteiger partial charge in [0.25, 0.3) is 0 Å². The molecule has 0 amide bonds. The Bertz CT molecular complexity index is 391. The predicted octanol–water partition coefficient (Wildman–Crippen LogP) is 1.87. The molecular weight excluding hydrogens is 252 g/mol. The molecule has 0 spiro atoms. The zero-order chi connectivity index (χ0) is 13.2. The fourth-order valence-corrected chi connectivity index (χ4v) is 4.10. The molecule has 0 N–H and O–H groups in total. The Morgan fingerprint density at radius 3 is 2.33 bits per heavy atom. The zero-order valence-electron chi connectivity index (χ0n) is 10.9. The van der Waals surface area contributed by atoms with Crippen LogP contribution in [0.1, 0.15) is 51.4 Å². The summed E-state index contributed by atoms with van der Waals surface area (Å²) >= 11 is 0. The highest BCUT2D eigenvalue weighted by Crippen LogP contribution is 2.29. The molecule has 2 aliphatic carbocycles. The van der Waals surface area contributed by atoms with E-state index in [1.54, 1.807) is 0 Å². The van der Waals surface area contributed by atoms with Crippen LogP contribution in [0, 0.1) is 0 Å². The van der Waals surface area contributed by atoms with Gasteiger partial charge in [0, 0.05) is 19.1 Å². The molecule has 2 unspecified atom stereocenters. The summed E-state index contributed by atoms with van der Waals surface area (Å²) in [5.41, 5.74) is 0. The van der Waals surface area contributed by atoms with Crippen LogP contribution in [0.4, 0.5) is 0 Å². The van der Waals surface area contributed by atoms with Crippen LogP contribution in [-0.4, -0.2) is 37.9 Å². The van der Waals surface area contributed by atoms with Crippen molar-refractivity contribution in [3.05, 3.63) is 0 Å². The van der Waals surface area contributed by atoms with Gasteiger partial charge in [-0.3, -0.25) is 4.79 Å². The van der Waals surface area contributed by atoms with E-state index < -0.39 is 9.84 Å². The van der Waals surface area contributed by atoms with E-state index in [2.05, 4.69) is 0 Å². The smallest absolute Gasteiger partial charge is 0.150 e. The van der Waals surface area contributed by atoms with Crippen molar-refractivity contribution >= 4 is 15.6 Å². The van der Waals surface area contributed by atoms with Crippen molar-refractivity contribution in [2.24, 2.45) is 0 Å². The third-order valence-corrected chi connectivity index (χ3v) is 5.70. The molecule has 2 aliphatic rings. The van der Waals surface area contributed by atoms with Crippen LogP contribution in [0.25, 0.3) is 0 Å². The van der Waals surface area contributed by atoms with E-state index in [0.717, 1.165) is 32.1 Å².